The number of unbranched alkanes of at least 4 members (excludes halogenated alkanes) is 1. The summed E-state index contributed by atoms with van der Waals surface area (Å²) in [4.78, 5) is 12.4. The molecule has 0 aromatic heterocycles. The Bertz CT molecular complexity index is 657. The van der Waals surface area contributed by atoms with E-state index in [9.17, 15) is 13.2 Å². The Kier molecular flexibility index (Phi) is 6.40. The molecule has 0 aliphatic carbocycles. The van der Waals surface area contributed by atoms with Crippen LogP contribution in [0.25, 0.3) is 0 Å². The van der Waals surface area contributed by atoms with Gasteiger partial charge in [0.1, 0.15) is 0 Å². The van der Waals surface area contributed by atoms with Crippen molar-refractivity contribution in [3.63, 3.8) is 0 Å². The summed E-state index contributed by atoms with van der Waals surface area (Å²) in [6, 6.07) is 5.97. The number of sulfonamides is 1. The first-order chi connectivity index (χ1) is 11.3. The molecular weight excluding hydrogens is 324 g/mol. The van der Waals surface area contributed by atoms with Crippen LogP contribution in [-0.2, 0) is 14.8 Å². The molecule has 1 aromatic rings. The molecule has 1 aliphatic heterocycles. The highest BCUT2D eigenvalue weighted by atomic mass is 32.2. The molecule has 1 N–H and O–H groups in total. The van der Waals surface area contributed by atoms with Crippen molar-refractivity contribution in [1.29, 1.82) is 0 Å². The highest BCUT2D eigenvalue weighted by Gasteiger charge is 2.30. The summed E-state index contributed by atoms with van der Waals surface area (Å²) in [6.45, 7) is 6.87. The number of anilines is 1. The Morgan fingerprint density at radius 3 is 2.29 bits per heavy atom. The Labute approximate surface area is 145 Å². The van der Waals surface area contributed by atoms with E-state index in [1.165, 1.54) is 0 Å². The van der Waals surface area contributed by atoms with Gasteiger partial charge in [-0.1, -0.05) is 19.4 Å². The van der Waals surface area contributed by atoms with Gasteiger partial charge in [0, 0.05) is 24.7 Å². The van der Waals surface area contributed by atoms with Crippen molar-refractivity contribution in [3.8, 4) is 0 Å². The van der Waals surface area contributed by atoms with E-state index in [2.05, 4.69) is 11.4 Å². The summed E-state index contributed by atoms with van der Waals surface area (Å²) in [7, 11) is -3.16. The smallest absolute Gasteiger partial charge is 0.227 e. The van der Waals surface area contributed by atoms with Gasteiger partial charge in [-0.25, -0.2) is 12.7 Å². The molecule has 1 aromatic carbocycles. The minimum Gasteiger partial charge on any atom is -0.326 e. The number of carbonyl (C=O) groups excluding carboxylic acids is 1. The van der Waals surface area contributed by atoms with Crippen molar-refractivity contribution < 1.29 is 13.2 Å². The summed E-state index contributed by atoms with van der Waals surface area (Å²) >= 11 is 0. The van der Waals surface area contributed by atoms with Crippen LogP contribution in [0.2, 0.25) is 0 Å². The Morgan fingerprint density at radius 2 is 1.75 bits per heavy atom. The van der Waals surface area contributed by atoms with E-state index in [4.69, 9.17) is 0 Å². The van der Waals surface area contributed by atoms with Crippen molar-refractivity contribution in [1.82, 2.24) is 4.31 Å². The van der Waals surface area contributed by atoms with Gasteiger partial charge in [-0.3, -0.25) is 4.79 Å². The van der Waals surface area contributed by atoms with Crippen LogP contribution in [-0.4, -0.2) is 37.5 Å². The molecule has 134 valence electrons. The fourth-order valence-electron chi connectivity index (χ4n) is 3.14. The Hall–Kier alpha value is -1.40. The highest BCUT2D eigenvalue weighted by Crippen LogP contribution is 2.23. The number of carbonyl (C=O) groups is 1. The van der Waals surface area contributed by atoms with Gasteiger partial charge in [0.15, 0.2) is 0 Å². The number of aryl methyl sites for hydroxylation is 2. The van der Waals surface area contributed by atoms with Crippen LogP contribution in [0.3, 0.4) is 0 Å². The van der Waals surface area contributed by atoms with Crippen molar-refractivity contribution in [2.75, 3.05) is 24.2 Å². The minimum absolute atomic E-state index is 0.00870. The van der Waals surface area contributed by atoms with Crippen molar-refractivity contribution in [3.05, 3.63) is 29.3 Å². The third-order valence-corrected chi connectivity index (χ3v) is 6.42. The van der Waals surface area contributed by atoms with Crippen molar-refractivity contribution in [2.24, 2.45) is 5.92 Å². The standard InChI is InChI=1S/C18H28N2O3S/c1-4-5-10-24(22,23)20-8-6-16(7-9-20)18(21)19-17-12-14(2)11-15(3)13-17/h11-13,16H,4-10H2,1-3H3,(H,19,21). The molecule has 1 saturated heterocycles. The molecule has 1 fully saturated rings. The third-order valence-electron chi connectivity index (χ3n) is 4.46. The summed E-state index contributed by atoms with van der Waals surface area (Å²) in [5.74, 6) is 0.0807. The van der Waals surface area contributed by atoms with E-state index in [0.717, 1.165) is 23.2 Å². The van der Waals surface area contributed by atoms with Gasteiger partial charge < -0.3 is 5.32 Å². The van der Waals surface area contributed by atoms with E-state index >= 15 is 0 Å². The lowest BCUT2D eigenvalue weighted by atomic mass is 9.97. The first kappa shape index (κ1) is 18.9. The number of benzene rings is 1. The lowest BCUT2D eigenvalue weighted by Crippen LogP contribution is -2.42. The van der Waals surface area contributed by atoms with E-state index in [0.29, 0.717) is 32.4 Å². The molecule has 6 heteroatoms. The van der Waals surface area contributed by atoms with E-state index in [1.54, 1.807) is 4.31 Å². The van der Waals surface area contributed by atoms with Crippen molar-refractivity contribution >= 4 is 21.6 Å². The first-order valence-electron chi connectivity index (χ1n) is 8.69. The average Bonchev–Trinajstić information content (AvgIpc) is 2.52. The number of rotatable bonds is 6. The number of amides is 1. The molecule has 1 amide bonds. The van der Waals surface area contributed by atoms with Gasteiger partial charge in [-0.2, -0.15) is 0 Å². The minimum atomic E-state index is -3.16. The van der Waals surface area contributed by atoms with Crippen LogP contribution < -0.4 is 5.32 Å². The second kappa shape index (κ2) is 8.12. The molecule has 1 heterocycles. The van der Waals surface area contributed by atoms with Crippen LogP contribution in [0.1, 0.15) is 43.7 Å². The molecule has 1 aliphatic rings. The van der Waals surface area contributed by atoms with Gasteiger partial charge in [0.05, 0.1) is 5.75 Å². The number of hydrogen-bond acceptors (Lipinski definition) is 3. The quantitative estimate of drug-likeness (QED) is 0.855. The van der Waals surface area contributed by atoms with Crippen LogP contribution in [0, 0.1) is 19.8 Å². The third kappa shape index (κ3) is 5.05. The second-order valence-corrected chi connectivity index (χ2v) is 8.80. The van der Waals surface area contributed by atoms with Crippen LogP contribution in [0.5, 0.6) is 0 Å². The largest absolute Gasteiger partial charge is 0.326 e. The molecule has 2 rings (SSSR count). The summed E-state index contributed by atoms with van der Waals surface area (Å²) in [5, 5.41) is 2.97. The SMILES string of the molecule is CCCCS(=O)(=O)N1CCC(C(=O)Nc2cc(C)cc(C)c2)CC1. The topological polar surface area (TPSA) is 66.5 Å². The molecule has 24 heavy (non-hydrogen) atoms. The fourth-order valence-corrected chi connectivity index (χ4v) is 4.82. The lowest BCUT2D eigenvalue weighted by Gasteiger charge is -2.30. The molecule has 0 saturated carbocycles. The Morgan fingerprint density at radius 1 is 1.17 bits per heavy atom. The van der Waals surface area contributed by atoms with E-state index in [1.807, 2.05) is 32.9 Å². The average molecular weight is 353 g/mol. The zero-order valence-corrected chi connectivity index (χ0v) is 15.7. The van der Waals surface area contributed by atoms with E-state index < -0.39 is 10.0 Å². The van der Waals surface area contributed by atoms with Crippen LogP contribution >= 0.6 is 0 Å². The first-order valence-corrected chi connectivity index (χ1v) is 10.3. The van der Waals surface area contributed by atoms with Gasteiger partial charge >= 0.3 is 0 Å². The molecule has 0 atom stereocenters. The van der Waals surface area contributed by atoms with Gasteiger partial charge in [-0.15, -0.1) is 0 Å². The summed E-state index contributed by atoms with van der Waals surface area (Å²) < 4.78 is 26.0. The van der Waals surface area contributed by atoms with Crippen LogP contribution in [0.15, 0.2) is 18.2 Å². The summed E-state index contributed by atoms with van der Waals surface area (Å²) in [5.41, 5.74) is 3.04. The van der Waals surface area contributed by atoms with Crippen molar-refractivity contribution in [2.45, 2.75) is 46.5 Å². The monoisotopic (exact) mass is 352 g/mol. The van der Waals surface area contributed by atoms with Gasteiger partial charge in [0.25, 0.3) is 0 Å². The highest BCUT2D eigenvalue weighted by molar-refractivity contribution is 7.89. The summed E-state index contributed by atoms with van der Waals surface area (Å²) in [6.07, 6.45) is 2.73. The molecule has 0 spiro atoms. The molecule has 0 unspecified atom stereocenters. The number of nitrogens with zero attached hydrogens (tertiary/aromatic N) is 1. The van der Waals surface area contributed by atoms with Gasteiger partial charge in [-0.05, 0) is 56.4 Å². The normalized spacial score (nSPS) is 17.0. The van der Waals surface area contributed by atoms with Crippen LogP contribution in [0.4, 0.5) is 5.69 Å². The molecule has 0 radical (unpaired) electrons. The van der Waals surface area contributed by atoms with Gasteiger partial charge in [0.2, 0.25) is 15.9 Å². The predicted molar refractivity (Wildman–Crippen MR) is 97.5 cm³/mol. The number of hydrogen-bond donors (Lipinski definition) is 1. The zero-order valence-electron chi connectivity index (χ0n) is 14.8. The maximum Gasteiger partial charge on any atom is 0.227 e. The maximum atomic E-state index is 12.4. The fraction of sp³-hybridized carbons (Fsp3) is 0.611. The predicted octanol–water partition coefficient (Wildman–Crippen LogP) is 3.08. The number of piperidine rings is 1. The zero-order chi connectivity index (χ0) is 17.7. The second-order valence-electron chi connectivity index (χ2n) is 6.71. The number of nitrogens with one attached hydrogen (secondary N) is 1. The molecule has 5 nitrogen and oxygen atoms in total. The lowest BCUT2D eigenvalue weighted by molar-refractivity contribution is -0.120. The Balaban J connectivity index is 1.91. The molecular formula is C18H28N2O3S. The molecule has 0 bridgehead atoms. The maximum absolute atomic E-state index is 12.4. The van der Waals surface area contributed by atoms with E-state index in [-0.39, 0.29) is 17.6 Å².